The van der Waals surface area contributed by atoms with Crippen molar-refractivity contribution in [3.8, 4) is 5.75 Å². The standard InChI is InChI=1S/C13H18N2O4/c1-7(2)5-10(14)12(17)15-8-3-4-9(13(18)19)11(16)6-8/h3-4,6-7,10,16H,5,14H2,1-2H3,(H,15,17)(H,18,19)/t10-/m0/s1. The zero-order valence-corrected chi connectivity index (χ0v) is 10.9. The zero-order valence-electron chi connectivity index (χ0n) is 10.9. The summed E-state index contributed by atoms with van der Waals surface area (Å²) in [7, 11) is 0. The Bertz CT molecular complexity index is 486. The third-order valence-electron chi connectivity index (χ3n) is 2.56. The second-order valence-corrected chi connectivity index (χ2v) is 4.76. The Labute approximate surface area is 111 Å². The number of carbonyl (C=O) groups excluding carboxylic acids is 1. The second-order valence-electron chi connectivity index (χ2n) is 4.76. The minimum absolute atomic E-state index is 0.218. The maximum atomic E-state index is 11.7. The number of hydrogen-bond donors (Lipinski definition) is 4. The Morgan fingerprint density at radius 3 is 2.47 bits per heavy atom. The van der Waals surface area contributed by atoms with Crippen LogP contribution in [0.2, 0.25) is 0 Å². The number of carbonyl (C=O) groups is 2. The highest BCUT2D eigenvalue weighted by molar-refractivity contribution is 5.96. The molecule has 0 heterocycles. The molecule has 0 spiro atoms. The van der Waals surface area contributed by atoms with Crippen LogP contribution < -0.4 is 11.1 Å². The number of rotatable bonds is 5. The van der Waals surface area contributed by atoms with Gasteiger partial charge in [0.25, 0.3) is 0 Å². The number of amides is 1. The van der Waals surface area contributed by atoms with Gasteiger partial charge in [-0.15, -0.1) is 0 Å². The molecular weight excluding hydrogens is 248 g/mol. The topological polar surface area (TPSA) is 113 Å². The van der Waals surface area contributed by atoms with Crippen LogP contribution in [0.4, 0.5) is 5.69 Å². The number of phenols is 1. The molecule has 0 unspecified atom stereocenters. The molecular formula is C13H18N2O4. The Morgan fingerprint density at radius 1 is 1.37 bits per heavy atom. The Kier molecular flexibility index (Phi) is 4.88. The summed E-state index contributed by atoms with van der Waals surface area (Å²) in [5, 5.41) is 20.8. The summed E-state index contributed by atoms with van der Waals surface area (Å²) in [6.45, 7) is 3.92. The number of aromatic carboxylic acids is 1. The van der Waals surface area contributed by atoms with Crippen LogP contribution in [-0.4, -0.2) is 28.1 Å². The first-order chi connectivity index (χ1) is 8.81. The van der Waals surface area contributed by atoms with Crippen LogP contribution in [0.3, 0.4) is 0 Å². The van der Waals surface area contributed by atoms with E-state index in [1.807, 2.05) is 13.8 Å². The van der Waals surface area contributed by atoms with Gasteiger partial charge in [0.05, 0.1) is 6.04 Å². The van der Waals surface area contributed by atoms with Gasteiger partial charge in [-0.2, -0.15) is 0 Å². The van der Waals surface area contributed by atoms with Crippen molar-refractivity contribution in [2.75, 3.05) is 5.32 Å². The van der Waals surface area contributed by atoms with E-state index in [1.165, 1.54) is 18.2 Å². The van der Waals surface area contributed by atoms with Crippen molar-refractivity contribution in [3.05, 3.63) is 23.8 Å². The predicted octanol–water partition coefficient (Wildman–Crippen LogP) is 1.40. The lowest BCUT2D eigenvalue weighted by molar-refractivity contribution is -0.117. The molecule has 0 bridgehead atoms. The van der Waals surface area contributed by atoms with Crippen molar-refractivity contribution in [3.63, 3.8) is 0 Å². The van der Waals surface area contributed by atoms with E-state index in [2.05, 4.69) is 5.32 Å². The number of anilines is 1. The molecule has 6 nitrogen and oxygen atoms in total. The Morgan fingerprint density at radius 2 is 2.00 bits per heavy atom. The summed E-state index contributed by atoms with van der Waals surface area (Å²) in [5.74, 6) is -1.70. The minimum Gasteiger partial charge on any atom is -0.507 e. The molecule has 0 fully saturated rings. The van der Waals surface area contributed by atoms with Gasteiger partial charge in [0.1, 0.15) is 11.3 Å². The van der Waals surface area contributed by atoms with E-state index < -0.39 is 17.8 Å². The monoisotopic (exact) mass is 266 g/mol. The fraction of sp³-hybridized carbons (Fsp3) is 0.385. The molecule has 1 aromatic carbocycles. The molecule has 104 valence electrons. The van der Waals surface area contributed by atoms with Crippen LogP contribution in [0.15, 0.2) is 18.2 Å². The first-order valence-corrected chi connectivity index (χ1v) is 5.94. The molecule has 1 atom stereocenters. The van der Waals surface area contributed by atoms with Gasteiger partial charge in [-0.25, -0.2) is 4.79 Å². The highest BCUT2D eigenvalue weighted by Crippen LogP contribution is 2.22. The largest absolute Gasteiger partial charge is 0.507 e. The Balaban J connectivity index is 2.75. The van der Waals surface area contributed by atoms with Gasteiger partial charge in [0, 0.05) is 11.8 Å². The van der Waals surface area contributed by atoms with Crippen LogP contribution in [-0.2, 0) is 4.79 Å². The summed E-state index contributed by atoms with van der Waals surface area (Å²) < 4.78 is 0. The van der Waals surface area contributed by atoms with E-state index in [0.29, 0.717) is 18.0 Å². The van der Waals surface area contributed by atoms with Crippen LogP contribution >= 0.6 is 0 Å². The van der Waals surface area contributed by atoms with Crippen molar-refractivity contribution >= 4 is 17.6 Å². The fourth-order valence-corrected chi connectivity index (χ4v) is 1.64. The number of nitrogens with two attached hydrogens (primary N) is 1. The predicted molar refractivity (Wildman–Crippen MR) is 71.1 cm³/mol. The first kappa shape index (κ1) is 15.0. The zero-order chi connectivity index (χ0) is 14.6. The fourth-order valence-electron chi connectivity index (χ4n) is 1.64. The van der Waals surface area contributed by atoms with Gasteiger partial charge >= 0.3 is 5.97 Å². The van der Waals surface area contributed by atoms with E-state index in [4.69, 9.17) is 10.8 Å². The lowest BCUT2D eigenvalue weighted by Gasteiger charge is -2.14. The third kappa shape index (κ3) is 4.26. The van der Waals surface area contributed by atoms with Crippen molar-refractivity contribution in [1.82, 2.24) is 0 Å². The average molecular weight is 266 g/mol. The molecule has 0 aromatic heterocycles. The number of carboxylic acids is 1. The molecule has 0 saturated heterocycles. The normalized spacial score (nSPS) is 12.2. The lowest BCUT2D eigenvalue weighted by Crippen LogP contribution is -2.36. The summed E-state index contributed by atoms with van der Waals surface area (Å²) in [4.78, 5) is 22.5. The molecule has 0 radical (unpaired) electrons. The van der Waals surface area contributed by atoms with Gasteiger partial charge in [-0.05, 0) is 24.5 Å². The molecule has 0 aliphatic carbocycles. The number of benzene rings is 1. The number of aromatic hydroxyl groups is 1. The molecule has 0 saturated carbocycles. The van der Waals surface area contributed by atoms with Crippen LogP contribution in [0.1, 0.15) is 30.6 Å². The molecule has 1 amide bonds. The van der Waals surface area contributed by atoms with Crippen LogP contribution in [0.5, 0.6) is 5.75 Å². The highest BCUT2D eigenvalue weighted by Gasteiger charge is 2.16. The van der Waals surface area contributed by atoms with Gasteiger partial charge in [-0.1, -0.05) is 13.8 Å². The molecule has 6 heteroatoms. The molecule has 1 aromatic rings. The molecule has 5 N–H and O–H groups in total. The van der Waals surface area contributed by atoms with E-state index in [1.54, 1.807) is 0 Å². The van der Waals surface area contributed by atoms with E-state index in [-0.39, 0.29) is 11.5 Å². The average Bonchev–Trinajstić information content (AvgIpc) is 2.27. The molecule has 1 rings (SSSR count). The molecule has 0 aliphatic heterocycles. The van der Waals surface area contributed by atoms with Gasteiger partial charge in [0.2, 0.25) is 5.91 Å². The minimum atomic E-state index is -1.23. The number of nitrogens with one attached hydrogen (secondary N) is 1. The van der Waals surface area contributed by atoms with E-state index in [9.17, 15) is 14.7 Å². The van der Waals surface area contributed by atoms with Crippen molar-refractivity contribution < 1.29 is 19.8 Å². The second kappa shape index (κ2) is 6.19. The Hall–Kier alpha value is -2.08. The summed E-state index contributed by atoms with van der Waals surface area (Å²) >= 11 is 0. The third-order valence-corrected chi connectivity index (χ3v) is 2.56. The highest BCUT2D eigenvalue weighted by atomic mass is 16.4. The van der Waals surface area contributed by atoms with Crippen molar-refractivity contribution in [2.24, 2.45) is 11.7 Å². The van der Waals surface area contributed by atoms with E-state index in [0.717, 1.165) is 0 Å². The van der Waals surface area contributed by atoms with Gasteiger partial charge in [0.15, 0.2) is 0 Å². The first-order valence-electron chi connectivity index (χ1n) is 5.94. The van der Waals surface area contributed by atoms with Crippen molar-refractivity contribution in [1.29, 1.82) is 0 Å². The molecule has 0 aliphatic rings. The maximum absolute atomic E-state index is 11.7. The van der Waals surface area contributed by atoms with Crippen LogP contribution in [0, 0.1) is 5.92 Å². The van der Waals surface area contributed by atoms with E-state index >= 15 is 0 Å². The lowest BCUT2D eigenvalue weighted by atomic mass is 10.0. The summed E-state index contributed by atoms with van der Waals surface area (Å²) in [6.07, 6.45) is 0.547. The van der Waals surface area contributed by atoms with Crippen molar-refractivity contribution in [2.45, 2.75) is 26.3 Å². The number of hydrogen-bond acceptors (Lipinski definition) is 4. The smallest absolute Gasteiger partial charge is 0.339 e. The summed E-state index contributed by atoms with van der Waals surface area (Å²) in [6, 6.07) is 3.18. The van der Waals surface area contributed by atoms with Crippen LogP contribution in [0.25, 0.3) is 0 Å². The SMILES string of the molecule is CC(C)C[C@H](N)C(=O)Nc1ccc(C(=O)O)c(O)c1. The van der Waals surface area contributed by atoms with Gasteiger partial charge in [-0.3, -0.25) is 4.79 Å². The quantitative estimate of drug-likeness (QED) is 0.643. The maximum Gasteiger partial charge on any atom is 0.339 e. The summed E-state index contributed by atoms with van der Waals surface area (Å²) in [5.41, 5.74) is 5.81. The number of carboxylic acid groups (broad SMARTS) is 1. The van der Waals surface area contributed by atoms with Gasteiger partial charge < -0.3 is 21.3 Å². The molecule has 19 heavy (non-hydrogen) atoms.